The average molecular weight is 374 g/mol. The molecule has 1 aromatic carbocycles. The van der Waals surface area contributed by atoms with Crippen LogP contribution in [0.1, 0.15) is 36.9 Å². The fourth-order valence-electron chi connectivity index (χ4n) is 3.03. The summed E-state index contributed by atoms with van der Waals surface area (Å²) >= 11 is 5.91. The highest BCUT2D eigenvalue weighted by Gasteiger charge is 2.24. The Morgan fingerprint density at radius 2 is 2.04 bits per heavy atom. The van der Waals surface area contributed by atoms with Crippen LogP contribution in [-0.2, 0) is 11.3 Å². The van der Waals surface area contributed by atoms with Gasteiger partial charge in [-0.3, -0.25) is 4.98 Å². The number of halogens is 1. The maximum absolute atomic E-state index is 12.5. The monoisotopic (exact) mass is 373 g/mol. The maximum Gasteiger partial charge on any atom is 0.317 e. The summed E-state index contributed by atoms with van der Waals surface area (Å²) in [5, 5.41) is 3.75. The van der Waals surface area contributed by atoms with Crippen molar-refractivity contribution in [1.29, 1.82) is 0 Å². The van der Waals surface area contributed by atoms with Crippen molar-refractivity contribution in [2.24, 2.45) is 0 Å². The summed E-state index contributed by atoms with van der Waals surface area (Å²) in [5.41, 5.74) is 2.11. The molecule has 0 aliphatic carbocycles. The summed E-state index contributed by atoms with van der Waals surface area (Å²) in [6, 6.07) is 11.4. The molecule has 0 spiro atoms. The quantitative estimate of drug-likeness (QED) is 0.855. The lowest BCUT2D eigenvalue weighted by molar-refractivity contribution is 0.00421. The lowest BCUT2D eigenvalue weighted by atomic mass is 10.1. The van der Waals surface area contributed by atoms with Gasteiger partial charge in [-0.05, 0) is 49.1 Å². The molecule has 138 valence electrons. The number of rotatable bonds is 5. The fraction of sp³-hybridized carbons (Fsp3) is 0.400. The van der Waals surface area contributed by atoms with Gasteiger partial charge in [-0.25, -0.2) is 4.79 Å². The van der Waals surface area contributed by atoms with E-state index in [1.54, 1.807) is 6.20 Å². The number of benzene rings is 1. The van der Waals surface area contributed by atoms with Gasteiger partial charge in [0.15, 0.2) is 0 Å². The van der Waals surface area contributed by atoms with Gasteiger partial charge in [0.1, 0.15) is 0 Å². The van der Waals surface area contributed by atoms with Crippen LogP contribution in [0.4, 0.5) is 4.79 Å². The van der Waals surface area contributed by atoms with E-state index >= 15 is 0 Å². The molecular formula is C20H24ClN3O2. The number of likely N-dealkylation sites (tertiary alicyclic amines) is 1. The first-order chi connectivity index (χ1) is 12.6. The van der Waals surface area contributed by atoms with Crippen molar-refractivity contribution in [3.05, 3.63) is 64.9 Å². The zero-order valence-corrected chi connectivity index (χ0v) is 15.7. The molecular weight excluding hydrogens is 350 g/mol. The Balaban J connectivity index is 1.42. The molecule has 6 heteroatoms. The van der Waals surface area contributed by atoms with E-state index in [0.717, 1.165) is 24.0 Å². The highest BCUT2D eigenvalue weighted by molar-refractivity contribution is 6.30. The number of nitrogens with one attached hydrogen (secondary N) is 1. The van der Waals surface area contributed by atoms with Gasteiger partial charge in [0.25, 0.3) is 0 Å². The van der Waals surface area contributed by atoms with Gasteiger partial charge in [-0.15, -0.1) is 0 Å². The Bertz CT molecular complexity index is 701. The lowest BCUT2D eigenvalue weighted by Gasteiger charge is -2.32. The van der Waals surface area contributed by atoms with Gasteiger partial charge in [0.2, 0.25) is 0 Å². The predicted octanol–water partition coefficient (Wildman–Crippen LogP) is 4.19. The summed E-state index contributed by atoms with van der Waals surface area (Å²) in [6.45, 7) is 3.96. The van der Waals surface area contributed by atoms with Crippen molar-refractivity contribution in [2.45, 2.75) is 38.5 Å². The van der Waals surface area contributed by atoms with Crippen molar-refractivity contribution in [3.8, 4) is 0 Å². The third-order valence-corrected chi connectivity index (χ3v) is 4.90. The van der Waals surface area contributed by atoms with Crippen LogP contribution < -0.4 is 5.32 Å². The number of amides is 2. The number of pyridine rings is 1. The van der Waals surface area contributed by atoms with Crippen molar-refractivity contribution >= 4 is 17.6 Å². The van der Waals surface area contributed by atoms with Crippen LogP contribution in [0.3, 0.4) is 0 Å². The third-order valence-electron chi connectivity index (χ3n) is 4.65. The number of ether oxygens (including phenoxy) is 1. The molecule has 3 rings (SSSR count). The molecule has 26 heavy (non-hydrogen) atoms. The van der Waals surface area contributed by atoms with E-state index in [2.05, 4.69) is 10.3 Å². The van der Waals surface area contributed by atoms with E-state index in [-0.39, 0.29) is 18.2 Å². The minimum Gasteiger partial charge on any atom is -0.373 e. The number of piperidine rings is 1. The minimum absolute atomic E-state index is 0.0295. The smallest absolute Gasteiger partial charge is 0.317 e. The molecule has 1 atom stereocenters. The van der Waals surface area contributed by atoms with Crippen LogP contribution >= 0.6 is 11.6 Å². The zero-order chi connectivity index (χ0) is 18.4. The predicted molar refractivity (Wildman–Crippen MR) is 102 cm³/mol. The second kappa shape index (κ2) is 9.01. The molecule has 1 saturated heterocycles. The summed E-state index contributed by atoms with van der Waals surface area (Å²) < 4.78 is 5.95. The van der Waals surface area contributed by atoms with Crippen LogP contribution in [-0.4, -0.2) is 35.1 Å². The summed E-state index contributed by atoms with van der Waals surface area (Å²) in [6.07, 6.45) is 5.46. The second-order valence-corrected chi connectivity index (χ2v) is 7.02. The molecule has 2 heterocycles. The molecule has 1 aromatic heterocycles. The molecule has 2 aromatic rings. The Labute approximate surface area is 159 Å². The molecule has 1 aliphatic heterocycles. The molecule has 0 saturated carbocycles. The van der Waals surface area contributed by atoms with Crippen molar-refractivity contribution in [1.82, 2.24) is 15.2 Å². The van der Waals surface area contributed by atoms with Crippen LogP contribution in [0.5, 0.6) is 0 Å². The van der Waals surface area contributed by atoms with Crippen molar-refractivity contribution < 1.29 is 9.53 Å². The Kier molecular flexibility index (Phi) is 6.47. The SMILES string of the molecule is C[C@@H](NC(=O)N1CCC(OCc2cccnc2)CC1)c1ccc(Cl)cc1. The van der Waals surface area contributed by atoms with E-state index < -0.39 is 0 Å². The highest BCUT2D eigenvalue weighted by atomic mass is 35.5. The number of urea groups is 1. The summed E-state index contributed by atoms with van der Waals surface area (Å²) in [4.78, 5) is 18.4. The molecule has 1 N–H and O–H groups in total. The van der Waals surface area contributed by atoms with Gasteiger partial charge in [-0.1, -0.05) is 29.8 Å². The van der Waals surface area contributed by atoms with Crippen molar-refractivity contribution in [3.63, 3.8) is 0 Å². The number of hydrogen-bond donors (Lipinski definition) is 1. The van der Waals surface area contributed by atoms with E-state index in [0.29, 0.717) is 24.7 Å². The molecule has 2 amide bonds. The van der Waals surface area contributed by atoms with Gasteiger partial charge in [-0.2, -0.15) is 0 Å². The molecule has 0 radical (unpaired) electrons. The first-order valence-electron chi connectivity index (χ1n) is 8.93. The first-order valence-corrected chi connectivity index (χ1v) is 9.31. The molecule has 1 fully saturated rings. The topological polar surface area (TPSA) is 54.5 Å². The Morgan fingerprint density at radius 3 is 2.69 bits per heavy atom. The lowest BCUT2D eigenvalue weighted by Crippen LogP contribution is -2.46. The first kappa shape index (κ1) is 18.7. The van der Waals surface area contributed by atoms with Crippen LogP contribution in [0, 0.1) is 0 Å². The van der Waals surface area contributed by atoms with Crippen LogP contribution in [0.15, 0.2) is 48.8 Å². The number of hydrogen-bond acceptors (Lipinski definition) is 3. The molecule has 5 nitrogen and oxygen atoms in total. The van der Waals surface area contributed by atoms with Gasteiger partial charge in [0.05, 0.1) is 18.8 Å². The zero-order valence-electron chi connectivity index (χ0n) is 14.9. The number of nitrogens with zero attached hydrogens (tertiary/aromatic N) is 2. The van der Waals surface area contributed by atoms with Crippen molar-refractivity contribution in [2.75, 3.05) is 13.1 Å². The normalized spacial score (nSPS) is 16.3. The second-order valence-electron chi connectivity index (χ2n) is 6.58. The van der Waals surface area contributed by atoms with Crippen LogP contribution in [0.2, 0.25) is 5.02 Å². The van der Waals surface area contributed by atoms with E-state index in [1.807, 2.05) is 54.4 Å². The number of carbonyl (C=O) groups is 1. The van der Waals surface area contributed by atoms with E-state index in [9.17, 15) is 4.79 Å². The Hall–Kier alpha value is -2.11. The summed E-state index contributed by atoms with van der Waals surface area (Å²) in [5.74, 6) is 0. The van der Waals surface area contributed by atoms with Gasteiger partial charge >= 0.3 is 6.03 Å². The number of carbonyl (C=O) groups excluding carboxylic acids is 1. The summed E-state index contributed by atoms with van der Waals surface area (Å²) in [7, 11) is 0. The molecule has 1 aliphatic rings. The maximum atomic E-state index is 12.5. The standard InChI is InChI=1S/C20H24ClN3O2/c1-15(17-4-6-18(21)7-5-17)23-20(25)24-11-8-19(9-12-24)26-14-16-3-2-10-22-13-16/h2-7,10,13,15,19H,8-9,11-12,14H2,1H3,(H,23,25)/t15-/m1/s1. The van der Waals surface area contributed by atoms with E-state index in [4.69, 9.17) is 16.3 Å². The Morgan fingerprint density at radius 1 is 1.31 bits per heavy atom. The largest absolute Gasteiger partial charge is 0.373 e. The highest BCUT2D eigenvalue weighted by Crippen LogP contribution is 2.19. The average Bonchev–Trinajstić information content (AvgIpc) is 2.68. The molecule has 0 unspecified atom stereocenters. The van der Waals surface area contributed by atoms with Gasteiger partial charge < -0.3 is 15.0 Å². The molecule has 0 bridgehead atoms. The third kappa shape index (κ3) is 5.19. The van der Waals surface area contributed by atoms with Crippen LogP contribution in [0.25, 0.3) is 0 Å². The van der Waals surface area contributed by atoms with E-state index in [1.165, 1.54) is 0 Å². The minimum atomic E-state index is -0.0562. The van der Waals surface area contributed by atoms with Gasteiger partial charge in [0, 0.05) is 30.5 Å². The fourth-order valence-corrected chi connectivity index (χ4v) is 3.16. The number of aromatic nitrogens is 1.